The van der Waals surface area contributed by atoms with E-state index in [0.29, 0.717) is 59.1 Å². The number of esters is 1. The Bertz CT molecular complexity index is 1300. The number of methoxy groups -OCH3 is 3. The summed E-state index contributed by atoms with van der Waals surface area (Å²) >= 11 is 0. The van der Waals surface area contributed by atoms with Gasteiger partial charge in [0.1, 0.15) is 23.8 Å². The van der Waals surface area contributed by atoms with Crippen molar-refractivity contribution in [3.8, 4) is 17.2 Å². The van der Waals surface area contributed by atoms with Crippen LogP contribution in [0, 0.1) is 0 Å². The van der Waals surface area contributed by atoms with E-state index < -0.39 is 23.2 Å². The van der Waals surface area contributed by atoms with E-state index in [1.54, 1.807) is 43.7 Å². The molecule has 0 amide bonds. The number of aliphatic hydroxyl groups is 1. The Hall–Kier alpha value is -3.05. The normalized spacial score (nSPS) is 11.8. The molecule has 0 spiro atoms. The first-order valence-corrected chi connectivity index (χ1v) is 16.7. The molecule has 2 aromatic rings. The van der Waals surface area contributed by atoms with Crippen LogP contribution in [0.1, 0.15) is 29.5 Å². The van der Waals surface area contributed by atoms with E-state index in [4.69, 9.17) is 23.5 Å². The van der Waals surface area contributed by atoms with Gasteiger partial charge in [0.05, 0.1) is 58.2 Å². The second-order valence-electron chi connectivity index (χ2n) is 9.08. The maximum atomic E-state index is 12.9. The van der Waals surface area contributed by atoms with Crippen molar-refractivity contribution in [1.29, 1.82) is 0 Å². The number of ether oxygens (including phenoxy) is 4. The molecular weight excluding hydrogens is 561 g/mol. The highest BCUT2D eigenvalue weighted by molar-refractivity contribution is 7.93. The number of anilines is 1. The Morgan fingerprint density at radius 1 is 0.950 bits per heavy atom. The quantitative estimate of drug-likeness (QED) is 0.154. The lowest BCUT2D eigenvalue weighted by atomic mass is 10.1. The molecule has 11 nitrogen and oxygen atoms in total. The van der Waals surface area contributed by atoms with Gasteiger partial charge in [-0.1, -0.05) is 6.07 Å². The maximum absolute atomic E-state index is 12.9. The largest absolute Gasteiger partial charge is 0.496 e. The number of hydrogen-bond acceptors (Lipinski definition) is 11. The van der Waals surface area contributed by atoms with Crippen molar-refractivity contribution < 1.29 is 46.4 Å². The van der Waals surface area contributed by atoms with Gasteiger partial charge in [-0.25, -0.2) is 8.42 Å². The van der Waals surface area contributed by atoms with Crippen molar-refractivity contribution in [2.75, 3.05) is 59.7 Å². The molecule has 0 heterocycles. The Morgan fingerprint density at radius 2 is 1.57 bits per heavy atom. The van der Waals surface area contributed by atoms with Gasteiger partial charge in [-0.3, -0.25) is 9.36 Å². The van der Waals surface area contributed by atoms with Crippen LogP contribution in [0.4, 0.5) is 5.69 Å². The molecule has 40 heavy (non-hydrogen) atoms. The van der Waals surface area contributed by atoms with E-state index in [0.717, 1.165) is 5.41 Å². The standard InChI is InChI=1S/C27H38NO10PS/c1-34-24-9-8-20(14-23(24)28-17-27(30)37-11-6-7-12-38-39(4,5)31)19-40(32,33)13-10-22-25(35-2)15-21(18-29)16-26(22)36-3/h8-10,13-16,28-29H,6-7,11-12,17-19H2,1-5H3. The highest BCUT2D eigenvalue weighted by atomic mass is 32.2. The zero-order chi connectivity index (χ0) is 29.8. The molecule has 0 saturated heterocycles. The zero-order valence-electron chi connectivity index (χ0n) is 23.5. The topological polar surface area (TPSA) is 147 Å². The minimum absolute atomic E-state index is 0.147. The number of benzene rings is 2. The molecule has 0 aromatic heterocycles. The molecular formula is C27H38NO10PS. The van der Waals surface area contributed by atoms with Gasteiger partial charge in [-0.15, -0.1) is 0 Å². The summed E-state index contributed by atoms with van der Waals surface area (Å²) in [6, 6.07) is 8.04. The third-order valence-corrected chi connectivity index (χ3v) is 7.58. The van der Waals surface area contributed by atoms with Crippen molar-refractivity contribution >= 4 is 34.9 Å². The van der Waals surface area contributed by atoms with E-state index in [9.17, 15) is 22.9 Å². The number of carbonyl (C=O) groups is 1. The Kier molecular flexibility index (Phi) is 13.0. The van der Waals surface area contributed by atoms with Crippen LogP contribution in [0.25, 0.3) is 6.08 Å². The van der Waals surface area contributed by atoms with Crippen LogP contribution in [0.5, 0.6) is 17.2 Å². The summed E-state index contributed by atoms with van der Waals surface area (Å²) in [5.41, 5.74) is 1.89. The summed E-state index contributed by atoms with van der Waals surface area (Å²) in [7, 11) is -1.89. The molecule has 0 aliphatic heterocycles. The van der Waals surface area contributed by atoms with E-state index in [2.05, 4.69) is 5.32 Å². The van der Waals surface area contributed by atoms with Gasteiger partial charge in [0.2, 0.25) is 0 Å². The molecule has 0 radical (unpaired) electrons. The highest BCUT2D eigenvalue weighted by Gasteiger charge is 2.15. The first-order chi connectivity index (χ1) is 18.9. The lowest BCUT2D eigenvalue weighted by molar-refractivity contribution is -0.141. The van der Waals surface area contributed by atoms with Crippen molar-refractivity contribution in [2.45, 2.75) is 25.2 Å². The number of carbonyl (C=O) groups excluding carboxylic acids is 1. The monoisotopic (exact) mass is 599 g/mol. The van der Waals surface area contributed by atoms with Crippen LogP contribution in [-0.2, 0) is 40.8 Å². The molecule has 0 bridgehead atoms. The van der Waals surface area contributed by atoms with E-state index in [1.165, 1.54) is 27.4 Å². The average Bonchev–Trinajstić information content (AvgIpc) is 2.91. The van der Waals surface area contributed by atoms with E-state index in [1.807, 2.05) is 0 Å². The molecule has 0 aliphatic rings. The Labute approximate surface area is 235 Å². The maximum Gasteiger partial charge on any atom is 0.325 e. The van der Waals surface area contributed by atoms with Crippen LogP contribution in [0.2, 0.25) is 0 Å². The average molecular weight is 600 g/mol. The molecule has 13 heteroatoms. The van der Waals surface area contributed by atoms with Crippen molar-refractivity contribution in [3.05, 3.63) is 52.4 Å². The summed E-state index contributed by atoms with van der Waals surface area (Å²) in [4.78, 5) is 12.1. The van der Waals surface area contributed by atoms with Gasteiger partial charge in [-0.2, -0.15) is 0 Å². The molecule has 2 aromatic carbocycles. The minimum atomic E-state index is -3.72. The van der Waals surface area contributed by atoms with Crippen LogP contribution < -0.4 is 19.5 Å². The summed E-state index contributed by atoms with van der Waals surface area (Å²) in [6.45, 7) is 3.25. The fourth-order valence-corrected chi connectivity index (χ4v) is 5.23. The van der Waals surface area contributed by atoms with Gasteiger partial charge in [-0.05, 0) is 54.3 Å². The van der Waals surface area contributed by atoms with Gasteiger partial charge in [0.25, 0.3) is 0 Å². The number of sulfone groups is 1. The molecule has 2 N–H and O–H groups in total. The summed E-state index contributed by atoms with van der Waals surface area (Å²) in [5, 5.41) is 13.4. The summed E-state index contributed by atoms with van der Waals surface area (Å²) < 4.78 is 63.8. The van der Waals surface area contributed by atoms with Crippen LogP contribution >= 0.6 is 7.37 Å². The summed E-state index contributed by atoms with van der Waals surface area (Å²) in [6.07, 6.45) is 2.57. The van der Waals surface area contributed by atoms with Crippen LogP contribution in [0.3, 0.4) is 0 Å². The number of rotatable bonds is 17. The van der Waals surface area contributed by atoms with Crippen molar-refractivity contribution in [2.24, 2.45) is 0 Å². The van der Waals surface area contributed by atoms with Crippen LogP contribution in [0.15, 0.2) is 35.7 Å². The third-order valence-electron chi connectivity index (χ3n) is 5.49. The van der Waals surface area contributed by atoms with Crippen molar-refractivity contribution in [3.63, 3.8) is 0 Å². The second-order valence-corrected chi connectivity index (χ2v) is 13.7. The Balaban J connectivity index is 2.03. The second kappa shape index (κ2) is 15.7. The fraction of sp³-hybridized carbons (Fsp3) is 0.444. The van der Waals surface area contributed by atoms with E-state index in [-0.39, 0.29) is 25.5 Å². The van der Waals surface area contributed by atoms with Gasteiger partial charge >= 0.3 is 5.97 Å². The zero-order valence-corrected chi connectivity index (χ0v) is 25.2. The number of unbranched alkanes of at least 4 members (excludes halogenated alkanes) is 1. The summed E-state index contributed by atoms with van der Waals surface area (Å²) in [5.74, 6) is 0.355. The molecule has 0 unspecified atom stereocenters. The molecule has 0 aliphatic carbocycles. The third kappa shape index (κ3) is 11.2. The molecule has 0 fully saturated rings. The predicted molar refractivity (Wildman–Crippen MR) is 154 cm³/mol. The fourth-order valence-electron chi connectivity index (χ4n) is 3.58. The Morgan fingerprint density at radius 3 is 2.15 bits per heavy atom. The predicted octanol–water partition coefficient (Wildman–Crippen LogP) is 4.08. The minimum Gasteiger partial charge on any atom is -0.496 e. The number of hydrogen-bond donors (Lipinski definition) is 2. The van der Waals surface area contributed by atoms with E-state index >= 15 is 0 Å². The first-order valence-electron chi connectivity index (χ1n) is 12.4. The lowest BCUT2D eigenvalue weighted by Crippen LogP contribution is -2.18. The number of nitrogens with one attached hydrogen (secondary N) is 1. The van der Waals surface area contributed by atoms with Gasteiger partial charge in [0, 0.05) is 18.7 Å². The smallest absolute Gasteiger partial charge is 0.325 e. The highest BCUT2D eigenvalue weighted by Crippen LogP contribution is 2.37. The van der Waals surface area contributed by atoms with Gasteiger partial charge < -0.3 is 33.9 Å². The SMILES string of the molecule is COc1ccc(CS(=O)(=O)C=Cc2c(OC)cc(CO)cc2OC)cc1NCC(=O)OCCCCOP(C)(C)=O. The van der Waals surface area contributed by atoms with Crippen molar-refractivity contribution in [1.82, 2.24) is 0 Å². The molecule has 2 rings (SSSR count). The first kappa shape index (κ1) is 33.2. The van der Waals surface area contributed by atoms with Crippen LogP contribution in [-0.4, -0.2) is 73.9 Å². The molecule has 0 saturated carbocycles. The number of aliphatic hydroxyl groups excluding tert-OH is 1. The van der Waals surface area contributed by atoms with Gasteiger partial charge in [0.15, 0.2) is 17.2 Å². The molecule has 222 valence electrons. The lowest BCUT2D eigenvalue weighted by Gasteiger charge is -2.13. The molecule has 0 atom stereocenters.